The molecule has 0 bridgehead atoms. The molecule has 0 spiro atoms. The van der Waals surface area contributed by atoms with Crippen LogP contribution in [0.1, 0.15) is 25.6 Å². The Morgan fingerprint density at radius 1 is 1.37 bits per heavy atom. The summed E-state index contributed by atoms with van der Waals surface area (Å²) in [7, 11) is 1.41. The van der Waals surface area contributed by atoms with Crippen LogP contribution in [0.15, 0.2) is 4.52 Å². The van der Waals surface area contributed by atoms with Gasteiger partial charge in [-0.1, -0.05) is 19.0 Å². The summed E-state index contributed by atoms with van der Waals surface area (Å²) in [5, 5.41) is 3.96. The fraction of sp³-hybridized carbons (Fsp3) is 0.750. The molecular weight excluding hydrogens is 248 g/mol. The largest absolute Gasteiger partial charge is 0.468 e. The maximum absolute atomic E-state index is 11.2. The number of rotatable bonds is 4. The predicted molar refractivity (Wildman–Crippen MR) is 69.1 cm³/mol. The Morgan fingerprint density at radius 2 is 2.05 bits per heavy atom. The van der Waals surface area contributed by atoms with Gasteiger partial charge >= 0.3 is 12.0 Å². The second kappa shape index (κ2) is 6.01. The van der Waals surface area contributed by atoms with E-state index in [9.17, 15) is 4.79 Å². The highest BCUT2D eigenvalue weighted by atomic mass is 16.5. The Kier molecular flexibility index (Phi) is 4.36. The van der Waals surface area contributed by atoms with E-state index in [0.29, 0.717) is 12.6 Å². The van der Waals surface area contributed by atoms with Crippen molar-refractivity contribution < 1.29 is 14.1 Å². The summed E-state index contributed by atoms with van der Waals surface area (Å²) in [5.74, 6) is 0.790. The van der Waals surface area contributed by atoms with Gasteiger partial charge in [-0.15, -0.1) is 0 Å². The van der Waals surface area contributed by atoms with Gasteiger partial charge in [-0.05, 0) is 0 Å². The van der Waals surface area contributed by atoms with Gasteiger partial charge in [0, 0.05) is 32.1 Å². The van der Waals surface area contributed by atoms with E-state index in [1.54, 1.807) is 0 Å². The van der Waals surface area contributed by atoms with Crippen LogP contribution >= 0.6 is 0 Å². The number of ether oxygens (including phenoxy) is 1. The minimum Gasteiger partial charge on any atom is -0.468 e. The number of hydrogen-bond donors (Lipinski definition) is 0. The van der Waals surface area contributed by atoms with Crippen LogP contribution in [0.2, 0.25) is 0 Å². The number of carbonyl (C=O) groups excluding carboxylic acids is 1. The number of methoxy groups -OCH3 is 1. The molecule has 2 heterocycles. The molecule has 0 N–H and O–H groups in total. The quantitative estimate of drug-likeness (QED) is 0.736. The molecule has 1 aliphatic rings. The maximum atomic E-state index is 11.2. The van der Waals surface area contributed by atoms with Crippen molar-refractivity contribution in [3.05, 3.63) is 5.82 Å². The predicted octanol–water partition coefficient (Wildman–Crippen LogP) is 0.488. The summed E-state index contributed by atoms with van der Waals surface area (Å²) < 4.78 is 9.92. The van der Waals surface area contributed by atoms with Crippen molar-refractivity contribution in [2.45, 2.75) is 19.8 Å². The summed E-state index contributed by atoms with van der Waals surface area (Å²) in [6, 6.07) is 0.571. The first-order chi connectivity index (χ1) is 9.10. The Bertz CT molecular complexity index is 424. The third-order valence-electron chi connectivity index (χ3n) is 3.17. The van der Waals surface area contributed by atoms with E-state index in [4.69, 9.17) is 4.52 Å². The van der Waals surface area contributed by atoms with E-state index < -0.39 is 0 Å². The van der Waals surface area contributed by atoms with E-state index >= 15 is 0 Å². The number of carbonyl (C=O) groups is 1. The van der Waals surface area contributed by atoms with Crippen LogP contribution in [0, 0.1) is 0 Å². The fourth-order valence-corrected chi connectivity index (χ4v) is 1.93. The SMILES string of the molecule is COC(=O)CN1CCN(c2nc(C(C)C)no2)CC1. The first kappa shape index (κ1) is 13.8. The lowest BCUT2D eigenvalue weighted by atomic mass is 10.2. The molecule has 0 aliphatic carbocycles. The van der Waals surface area contributed by atoms with Crippen LogP contribution in [0.5, 0.6) is 0 Å². The topological polar surface area (TPSA) is 71.7 Å². The van der Waals surface area contributed by atoms with E-state index in [-0.39, 0.29) is 11.9 Å². The van der Waals surface area contributed by atoms with Crippen LogP contribution in [0.4, 0.5) is 6.01 Å². The molecule has 1 fully saturated rings. The second-order valence-electron chi connectivity index (χ2n) is 4.93. The Morgan fingerprint density at radius 3 is 2.58 bits per heavy atom. The fourth-order valence-electron chi connectivity index (χ4n) is 1.93. The second-order valence-corrected chi connectivity index (χ2v) is 4.93. The standard InChI is InChI=1S/C12H20N4O3/c1-9(2)11-13-12(19-14-11)16-6-4-15(5-7-16)8-10(17)18-3/h9H,4-8H2,1-3H3. The smallest absolute Gasteiger partial charge is 0.324 e. The summed E-state index contributed by atoms with van der Waals surface area (Å²) in [6.45, 7) is 7.52. The molecule has 19 heavy (non-hydrogen) atoms. The van der Waals surface area contributed by atoms with Crippen LogP contribution in [0.25, 0.3) is 0 Å². The molecule has 0 aromatic carbocycles. The number of hydrogen-bond acceptors (Lipinski definition) is 7. The molecule has 7 heteroatoms. The van der Waals surface area contributed by atoms with Gasteiger partial charge in [0.15, 0.2) is 5.82 Å². The van der Waals surface area contributed by atoms with Crippen molar-refractivity contribution in [2.75, 3.05) is 44.7 Å². The highest BCUT2D eigenvalue weighted by molar-refractivity contribution is 5.71. The van der Waals surface area contributed by atoms with Crippen LogP contribution < -0.4 is 4.90 Å². The highest BCUT2D eigenvalue weighted by Gasteiger charge is 2.23. The lowest BCUT2D eigenvalue weighted by Crippen LogP contribution is -2.48. The van der Waals surface area contributed by atoms with E-state index in [0.717, 1.165) is 32.0 Å². The Balaban J connectivity index is 1.87. The van der Waals surface area contributed by atoms with Crippen LogP contribution in [-0.2, 0) is 9.53 Å². The Hall–Kier alpha value is -1.63. The monoisotopic (exact) mass is 268 g/mol. The van der Waals surface area contributed by atoms with Gasteiger partial charge in [0.05, 0.1) is 13.7 Å². The molecule has 0 radical (unpaired) electrons. The van der Waals surface area contributed by atoms with Crippen molar-refractivity contribution in [3.8, 4) is 0 Å². The third-order valence-corrected chi connectivity index (χ3v) is 3.17. The average Bonchev–Trinajstić information content (AvgIpc) is 2.89. The van der Waals surface area contributed by atoms with Crippen LogP contribution in [-0.4, -0.2) is 60.8 Å². The molecule has 0 unspecified atom stereocenters. The van der Waals surface area contributed by atoms with Gasteiger partial charge < -0.3 is 14.2 Å². The van der Waals surface area contributed by atoms with Crippen molar-refractivity contribution in [2.24, 2.45) is 0 Å². The highest BCUT2D eigenvalue weighted by Crippen LogP contribution is 2.17. The summed E-state index contributed by atoms with van der Waals surface area (Å²) in [5.41, 5.74) is 0. The molecule has 1 aromatic heterocycles. The molecule has 7 nitrogen and oxygen atoms in total. The van der Waals surface area contributed by atoms with Gasteiger partial charge in [-0.3, -0.25) is 9.69 Å². The zero-order chi connectivity index (χ0) is 13.8. The minimum atomic E-state index is -0.201. The van der Waals surface area contributed by atoms with Crippen molar-refractivity contribution in [1.82, 2.24) is 15.0 Å². The van der Waals surface area contributed by atoms with E-state index in [1.165, 1.54) is 7.11 Å². The van der Waals surface area contributed by atoms with Gasteiger partial charge in [0.1, 0.15) is 0 Å². The molecular formula is C12H20N4O3. The molecule has 0 atom stereocenters. The average molecular weight is 268 g/mol. The summed E-state index contributed by atoms with van der Waals surface area (Å²) in [6.07, 6.45) is 0. The Labute approximate surface area is 112 Å². The van der Waals surface area contributed by atoms with Crippen molar-refractivity contribution in [3.63, 3.8) is 0 Å². The van der Waals surface area contributed by atoms with Gasteiger partial charge in [0.2, 0.25) is 0 Å². The summed E-state index contributed by atoms with van der Waals surface area (Å²) >= 11 is 0. The zero-order valence-corrected chi connectivity index (χ0v) is 11.6. The molecule has 1 saturated heterocycles. The van der Waals surface area contributed by atoms with Crippen molar-refractivity contribution >= 4 is 12.0 Å². The van der Waals surface area contributed by atoms with E-state index in [2.05, 4.69) is 19.8 Å². The lowest BCUT2D eigenvalue weighted by molar-refractivity contribution is -0.142. The number of aromatic nitrogens is 2. The molecule has 106 valence electrons. The molecule has 0 saturated carbocycles. The normalized spacial score (nSPS) is 16.9. The molecule has 0 amide bonds. The maximum Gasteiger partial charge on any atom is 0.324 e. The lowest BCUT2D eigenvalue weighted by Gasteiger charge is -2.32. The minimum absolute atomic E-state index is 0.201. The number of nitrogens with zero attached hydrogens (tertiary/aromatic N) is 4. The van der Waals surface area contributed by atoms with Crippen LogP contribution in [0.3, 0.4) is 0 Å². The molecule has 1 aliphatic heterocycles. The zero-order valence-electron chi connectivity index (χ0n) is 11.6. The third kappa shape index (κ3) is 3.44. The summed E-state index contributed by atoms with van der Waals surface area (Å²) in [4.78, 5) is 19.7. The number of piperazine rings is 1. The first-order valence-corrected chi connectivity index (χ1v) is 6.48. The van der Waals surface area contributed by atoms with Gasteiger partial charge in [-0.25, -0.2) is 0 Å². The number of esters is 1. The van der Waals surface area contributed by atoms with Gasteiger partial charge in [0.25, 0.3) is 0 Å². The molecule has 1 aromatic rings. The first-order valence-electron chi connectivity index (χ1n) is 6.48. The van der Waals surface area contributed by atoms with E-state index in [1.807, 2.05) is 18.7 Å². The number of anilines is 1. The van der Waals surface area contributed by atoms with Gasteiger partial charge in [-0.2, -0.15) is 4.98 Å². The molecule has 2 rings (SSSR count). The van der Waals surface area contributed by atoms with Crippen molar-refractivity contribution in [1.29, 1.82) is 0 Å².